The lowest BCUT2D eigenvalue weighted by Crippen LogP contribution is -2.35. The molecule has 0 aromatic heterocycles. The van der Waals surface area contributed by atoms with Gasteiger partial charge in [-0.3, -0.25) is 0 Å². The van der Waals surface area contributed by atoms with Gasteiger partial charge in [0.05, 0.1) is 12.7 Å². The highest BCUT2D eigenvalue weighted by molar-refractivity contribution is 5.43. The number of nitrogens with one attached hydrogen (secondary N) is 1. The third-order valence-corrected chi connectivity index (χ3v) is 2.83. The van der Waals surface area contributed by atoms with E-state index in [2.05, 4.69) is 31.3 Å². The maximum Gasteiger partial charge on any atom is 0.125 e. The van der Waals surface area contributed by atoms with Crippen LogP contribution in [0.2, 0.25) is 0 Å². The lowest BCUT2D eigenvalue weighted by Gasteiger charge is -2.18. The Morgan fingerprint density at radius 2 is 1.94 bits per heavy atom. The number of benzene rings is 1. The predicted molar refractivity (Wildman–Crippen MR) is 75.3 cm³/mol. The summed E-state index contributed by atoms with van der Waals surface area (Å²) in [5.41, 5.74) is 2.99. The molecule has 0 saturated heterocycles. The van der Waals surface area contributed by atoms with Gasteiger partial charge in [-0.05, 0) is 51.8 Å². The molecule has 0 amide bonds. The van der Waals surface area contributed by atoms with Crippen molar-refractivity contribution in [2.24, 2.45) is 0 Å². The van der Waals surface area contributed by atoms with Gasteiger partial charge in [-0.15, -0.1) is 0 Å². The van der Waals surface area contributed by atoms with Crippen molar-refractivity contribution in [3.8, 4) is 5.75 Å². The molecule has 1 aromatic carbocycles. The largest absolute Gasteiger partial charge is 0.496 e. The average molecular weight is 251 g/mol. The molecular weight excluding hydrogens is 226 g/mol. The van der Waals surface area contributed by atoms with E-state index < -0.39 is 5.60 Å². The van der Waals surface area contributed by atoms with Gasteiger partial charge in [0.1, 0.15) is 5.75 Å². The Morgan fingerprint density at radius 1 is 1.28 bits per heavy atom. The van der Waals surface area contributed by atoms with E-state index in [-0.39, 0.29) is 0 Å². The van der Waals surface area contributed by atoms with E-state index in [1.54, 1.807) is 21.0 Å². The standard InChI is InChI=1S/C15H25NO2/c1-11-8-12(2)14(18-5)13(9-11)6-7-16-10-15(3,4)17/h8-9,16-17H,6-7,10H2,1-5H3. The molecule has 0 heterocycles. The molecule has 3 nitrogen and oxygen atoms in total. The van der Waals surface area contributed by atoms with Gasteiger partial charge in [0, 0.05) is 6.54 Å². The van der Waals surface area contributed by atoms with Crippen molar-refractivity contribution < 1.29 is 9.84 Å². The van der Waals surface area contributed by atoms with Crippen molar-refractivity contribution in [3.05, 3.63) is 28.8 Å². The minimum atomic E-state index is -0.660. The van der Waals surface area contributed by atoms with Gasteiger partial charge in [0.25, 0.3) is 0 Å². The molecule has 0 aliphatic heterocycles. The summed E-state index contributed by atoms with van der Waals surface area (Å²) in [5, 5.41) is 12.9. The molecule has 0 spiro atoms. The Bertz CT molecular complexity index is 394. The third kappa shape index (κ3) is 4.67. The van der Waals surface area contributed by atoms with Crippen molar-refractivity contribution in [3.63, 3.8) is 0 Å². The number of aliphatic hydroxyl groups is 1. The highest BCUT2D eigenvalue weighted by Crippen LogP contribution is 2.25. The summed E-state index contributed by atoms with van der Waals surface area (Å²) in [6.07, 6.45) is 0.905. The zero-order valence-electron chi connectivity index (χ0n) is 12.1. The fourth-order valence-electron chi connectivity index (χ4n) is 2.14. The summed E-state index contributed by atoms with van der Waals surface area (Å²) < 4.78 is 5.45. The van der Waals surface area contributed by atoms with E-state index in [0.717, 1.165) is 18.7 Å². The van der Waals surface area contributed by atoms with Gasteiger partial charge < -0.3 is 15.2 Å². The Morgan fingerprint density at radius 3 is 2.50 bits per heavy atom. The van der Waals surface area contributed by atoms with E-state index in [1.807, 2.05) is 0 Å². The van der Waals surface area contributed by atoms with Crippen molar-refractivity contribution in [2.45, 2.75) is 39.7 Å². The van der Waals surface area contributed by atoms with Crippen LogP contribution in [0.3, 0.4) is 0 Å². The van der Waals surface area contributed by atoms with Crippen LogP contribution in [0.25, 0.3) is 0 Å². The molecular formula is C15H25NO2. The van der Waals surface area contributed by atoms with Crippen LogP contribution in [0.1, 0.15) is 30.5 Å². The first kappa shape index (κ1) is 15.0. The molecule has 0 unspecified atom stereocenters. The van der Waals surface area contributed by atoms with E-state index in [9.17, 15) is 5.11 Å². The molecule has 1 rings (SSSR count). The lowest BCUT2D eigenvalue weighted by atomic mass is 10.0. The molecule has 1 aromatic rings. The van der Waals surface area contributed by atoms with Crippen LogP contribution < -0.4 is 10.1 Å². The zero-order valence-corrected chi connectivity index (χ0v) is 12.1. The van der Waals surface area contributed by atoms with Gasteiger partial charge in [0.2, 0.25) is 0 Å². The average Bonchev–Trinajstić information content (AvgIpc) is 2.22. The van der Waals surface area contributed by atoms with E-state index in [4.69, 9.17) is 4.74 Å². The first-order valence-electron chi connectivity index (χ1n) is 6.40. The Hall–Kier alpha value is -1.06. The first-order chi connectivity index (χ1) is 8.33. The molecule has 102 valence electrons. The second-order valence-electron chi connectivity index (χ2n) is 5.51. The van der Waals surface area contributed by atoms with Crippen LogP contribution >= 0.6 is 0 Å². The second-order valence-corrected chi connectivity index (χ2v) is 5.51. The quantitative estimate of drug-likeness (QED) is 0.762. The molecule has 0 atom stereocenters. The fourth-order valence-corrected chi connectivity index (χ4v) is 2.14. The van der Waals surface area contributed by atoms with Crippen molar-refractivity contribution in [2.75, 3.05) is 20.2 Å². The number of hydrogen-bond donors (Lipinski definition) is 2. The monoisotopic (exact) mass is 251 g/mol. The highest BCUT2D eigenvalue weighted by atomic mass is 16.5. The van der Waals surface area contributed by atoms with Crippen LogP contribution in [0.5, 0.6) is 5.75 Å². The summed E-state index contributed by atoms with van der Waals surface area (Å²) in [5.74, 6) is 0.977. The molecule has 3 heteroatoms. The van der Waals surface area contributed by atoms with Gasteiger partial charge in [0.15, 0.2) is 0 Å². The number of ether oxygens (including phenoxy) is 1. The van der Waals surface area contributed by atoms with Crippen LogP contribution in [0.4, 0.5) is 0 Å². The molecule has 0 radical (unpaired) electrons. The molecule has 0 saturated carbocycles. The number of rotatable bonds is 6. The molecule has 0 bridgehead atoms. The number of methoxy groups -OCH3 is 1. The predicted octanol–water partition coefficient (Wildman–Crippen LogP) is 2.22. The normalized spacial score (nSPS) is 11.7. The summed E-state index contributed by atoms with van der Waals surface area (Å²) in [6, 6.07) is 4.30. The number of hydrogen-bond acceptors (Lipinski definition) is 3. The van der Waals surface area contributed by atoms with Gasteiger partial charge >= 0.3 is 0 Å². The van der Waals surface area contributed by atoms with Crippen LogP contribution in [0.15, 0.2) is 12.1 Å². The summed E-state index contributed by atoms with van der Waals surface area (Å²) >= 11 is 0. The fraction of sp³-hybridized carbons (Fsp3) is 0.600. The van der Waals surface area contributed by atoms with E-state index in [0.29, 0.717) is 6.54 Å². The van der Waals surface area contributed by atoms with Crippen molar-refractivity contribution in [1.29, 1.82) is 0 Å². The number of aryl methyl sites for hydroxylation is 2. The second kappa shape index (κ2) is 6.21. The molecule has 2 N–H and O–H groups in total. The SMILES string of the molecule is COc1c(C)cc(C)cc1CCNCC(C)(C)O. The van der Waals surface area contributed by atoms with E-state index in [1.165, 1.54) is 16.7 Å². The van der Waals surface area contributed by atoms with E-state index >= 15 is 0 Å². The maximum atomic E-state index is 9.62. The minimum Gasteiger partial charge on any atom is -0.496 e. The smallest absolute Gasteiger partial charge is 0.125 e. The van der Waals surface area contributed by atoms with Crippen LogP contribution in [-0.4, -0.2) is 30.9 Å². The van der Waals surface area contributed by atoms with Crippen molar-refractivity contribution >= 4 is 0 Å². The van der Waals surface area contributed by atoms with Gasteiger partial charge in [-0.2, -0.15) is 0 Å². The van der Waals surface area contributed by atoms with Crippen LogP contribution in [-0.2, 0) is 6.42 Å². The molecule has 0 fully saturated rings. The van der Waals surface area contributed by atoms with Crippen molar-refractivity contribution in [1.82, 2.24) is 5.32 Å². The Labute approximate surface area is 110 Å². The molecule has 0 aliphatic rings. The molecule has 18 heavy (non-hydrogen) atoms. The summed E-state index contributed by atoms with van der Waals surface area (Å²) in [7, 11) is 1.71. The Balaban J connectivity index is 2.61. The van der Waals surface area contributed by atoms with Gasteiger partial charge in [-0.1, -0.05) is 17.7 Å². The highest BCUT2D eigenvalue weighted by Gasteiger charge is 2.12. The van der Waals surface area contributed by atoms with Crippen LogP contribution in [0, 0.1) is 13.8 Å². The summed E-state index contributed by atoms with van der Waals surface area (Å²) in [4.78, 5) is 0. The van der Waals surface area contributed by atoms with Gasteiger partial charge in [-0.25, -0.2) is 0 Å². The third-order valence-electron chi connectivity index (χ3n) is 2.83. The summed E-state index contributed by atoms with van der Waals surface area (Å²) in [6.45, 7) is 9.21. The lowest BCUT2D eigenvalue weighted by molar-refractivity contribution is 0.0801. The minimum absolute atomic E-state index is 0.597. The first-order valence-corrected chi connectivity index (χ1v) is 6.40. The zero-order chi connectivity index (χ0) is 13.8. The Kier molecular flexibility index (Phi) is 5.17. The maximum absolute atomic E-state index is 9.62. The molecule has 0 aliphatic carbocycles. The topological polar surface area (TPSA) is 41.5 Å².